The maximum Gasteiger partial charge on any atom is 0.0406 e. The molecule has 2 saturated heterocycles. The van der Waals surface area contributed by atoms with E-state index in [1.54, 1.807) is 0 Å². The first-order valence-corrected chi connectivity index (χ1v) is 7.29. The van der Waals surface area contributed by atoms with Crippen molar-refractivity contribution in [2.45, 2.75) is 50.4 Å². The van der Waals surface area contributed by atoms with Gasteiger partial charge in [0.1, 0.15) is 0 Å². The molecule has 2 aliphatic heterocycles. The van der Waals surface area contributed by atoms with Crippen molar-refractivity contribution in [3.8, 4) is 0 Å². The minimum atomic E-state index is 0. The molecule has 19 heavy (non-hydrogen) atoms. The highest BCUT2D eigenvalue weighted by molar-refractivity contribution is 6.30. The summed E-state index contributed by atoms with van der Waals surface area (Å²) in [5.41, 5.74) is 1.35. The van der Waals surface area contributed by atoms with E-state index in [1.165, 1.54) is 31.2 Å². The van der Waals surface area contributed by atoms with E-state index in [0.29, 0.717) is 0 Å². The van der Waals surface area contributed by atoms with Crippen LogP contribution in [0.25, 0.3) is 0 Å². The molecule has 1 aromatic rings. The molecule has 4 heteroatoms. The summed E-state index contributed by atoms with van der Waals surface area (Å²) in [6.07, 6.45) is 5.35. The van der Waals surface area contributed by atoms with Crippen LogP contribution in [0, 0.1) is 0 Å². The van der Waals surface area contributed by atoms with Gasteiger partial charge in [0.05, 0.1) is 0 Å². The zero-order chi connectivity index (χ0) is 12.5. The molecule has 0 spiro atoms. The SMILES string of the molecule is CN(Cc1ccc(Cl)cc1)C1CC2CCC(C1)N2.Cl. The summed E-state index contributed by atoms with van der Waals surface area (Å²) in [5.74, 6) is 0. The molecule has 3 rings (SSSR count). The first kappa shape index (κ1) is 15.1. The predicted molar refractivity (Wildman–Crippen MR) is 83.1 cm³/mol. The molecule has 0 radical (unpaired) electrons. The lowest BCUT2D eigenvalue weighted by Gasteiger charge is -2.35. The Morgan fingerprint density at radius 2 is 1.74 bits per heavy atom. The van der Waals surface area contributed by atoms with Gasteiger partial charge in [-0.2, -0.15) is 0 Å². The molecule has 1 N–H and O–H groups in total. The van der Waals surface area contributed by atoms with Gasteiger partial charge in [0.25, 0.3) is 0 Å². The third kappa shape index (κ3) is 3.63. The Morgan fingerprint density at radius 3 is 2.32 bits per heavy atom. The lowest BCUT2D eigenvalue weighted by molar-refractivity contribution is 0.166. The highest BCUT2D eigenvalue weighted by Crippen LogP contribution is 2.29. The number of nitrogens with one attached hydrogen (secondary N) is 1. The van der Waals surface area contributed by atoms with Crippen LogP contribution in [0.2, 0.25) is 5.02 Å². The van der Waals surface area contributed by atoms with Crippen molar-refractivity contribution in [3.05, 3.63) is 34.9 Å². The fraction of sp³-hybridized carbons (Fsp3) is 0.600. The van der Waals surface area contributed by atoms with Gasteiger partial charge in [0.2, 0.25) is 0 Å². The van der Waals surface area contributed by atoms with E-state index in [2.05, 4.69) is 29.4 Å². The number of piperidine rings is 1. The molecule has 2 atom stereocenters. The normalized spacial score (nSPS) is 29.3. The van der Waals surface area contributed by atoms with Gasteiger partial charge in [-0.05, 0) is 50.4 Å². The molecule has 0 aliphatic carbocycles. The van der Waals surface area contributed by atoms with E-state index in [9.17, 15) is 0 Å². The van der Waals surface area contributed by atoms with Crippen LogP contribution in [0.1, 0.15) is 31.2 Å². The van der Waals surface area contributed by atoms with Crippen LogP contribution in [0.3, 0.4) is 0 Å². The Morgan fingerprint density at radius 1 is 1.16 bits per heavy atom. The first-order valence-electron chi connectivity index (χ1n) is 6.91. The van der Waals surface area contributed by atoms with Crippen molar-refractivity contribution < 1.29 is 0 Å². The first-order chi connectivity index (χ1) is 8.70. The average molecular weight is 301 g/mol. The molecule has 2 bridgehead atoms. The third-order valence-corrected chi connectivity index (χ3v) is 4.67. The Bertz CT molecular complexity index is 395. The van der Waals surface area contributed by atoms with Crippen LogP contribution in [-0.2, 0) is 6.54 Å². The van der Waals surface area contributed by atoms with Crippen LogP contribution in [0.5, 0.6) is 0 Å². The van der Waals surface area contributed by atoms with Gasteiger partial charge in [-0.15, -0.1) is 12.4 Å². The van der Waals surface area contributed by atoms with Crippen molar-refractivity contribution in [2.75, 3.05) is 7.05 Å². The van der Waals surface area contributed by atoms with Crippen molar-refractivity contribution in [1.82, 2.24) is 10.2 Å². The molecule has 2 aliphatic rings. The number of hydrogen-bond donors (Lipinski definition) is 1. The van der Waals surface area contributed by atoms with E-state index in [1.807, 2.05) is 12.1 Å². The molecule has 2 fully saturated rings. The van der Waals surface area contributed by atoms with E-state index < -0.39 is 0 Å². The number of hydrogen-bond acceptors (Lipinski definition) is 2. The van der Waals surface area contributed by atoms with Crippen LogP contribution in [0.4, 0.5) is 0 Å². The topological polar surface area (TPSA) is 15.3 Å². The summed E-state index contributed by atoms with van der Waals surface area (Å²) in [5, 5.41) is 4.52. The zero-order valence-corrected chi connectivity index (χ0v) is 12.9. The smallest absolute Gasteiger partial charge is 0.0406 e. The fourth-order valence-corrected chi connectivity index (χ4v) is 3.52. The zero-order valence-electron chi connectivity index (χ0n) is 11.3. The van der Waals surface area contributed by atoms with E-state index >= 15 is 0 Å². The largest absolute Gasteiger partial charge is 0.311 e. The van der Waals surface area contributed by atoms with Crippen molar-refractivity contribution in [2.24, 2.45) is 0 Å². The Balaban J connectivity index is 0.00000133. The summed E-state index contributed by atoms with van der Waals surface area (Å²) < 4.78 is 0. The van der Waals surface area contributed by atoms with Crippen LogP contribution < -0.4 is 5.32 Å². The molecule has 2 unspecified atom stereocenters. The van der Waals surface area contributed by atoms with Gasteiger partial charge in [-0.3, -0.25) is 4.90 Å². The lowest BCUT2D eigenvalue weighted by atomic mass is 9.98. The molecule has 2 heterocycles. The maximum atomic E-state index is 5.92. The minimum absolute atomic E-state index is 0. The Hall–Kier alpha value is -0.280. The average Bonchev–Trinajstić information content (AvgIpc) is 2.71. The van der Waals surface area contributed by atoms with Crippen molar-refractivity contribution in [3.63, 3.8) is 0 Å². The van der Waals surface area contributed by atoms with E-state index in [4.69, 9.17) is 11.6 Å². The van der Waals surface area contributed by atoms with Gasteiger partial charge in [-0.25, -0.2) is 0 Å². The van der Waals surface area contributed by atoms with Gasteiger partial charge < -0.3 is 5.32 Å². The summed E-state index contributed by atoms with van der Waals surface area (Å²) in [4.78, 5) is 2.51. The number of rotatable bonds is 3. The molecule has 0 saturated carbocycles. The molecule has 0 aromatic heterocycles. The predicted octanol–water partition coefficient (Wildman–Crippen LogP) is 3.48. The highest BCUT2D eigenvalue weighted by Gasteiger charge is 2.34. The summed E-state index contributed by atoms with van der Waals surface area (Å²) >= 11 is 5.92. The van der Waals surface area contributed by atoms with Gasteiger partial charge in [-0.1, -0.05) is 23.7 Å². The minimum Gasteiger partial charge on any atom is -0.311 e. The van der Waals surface area contributed by atoms with Crippen LogP contribution in [0.15, 0.2) is 24.3 Å². The van der Waals surface area contributed by atoms with Gasteiger partial charge >= 0.3 is 0 Å². The van der Waals surface area contributed by atoms with Gasteiger partial charge in [0, 0.05) is 29.7 Å². The van der Waals surface area contributed by atoms with E-state index in [0.717, 1.165) is 29.7 Å². The van der Waals surface area contributed by atoms with Gasteiger partial charge in [0.15, 0.2) is 0 Å². The summed E-state index contributed by atoms with van der Waals surface area (Å²) in [6, 6.07) is 10.5. The number of benzene rings is 1. The monoisotopic (exact) mass is 300 g/mol. The molecular formula is C15H22Cl2N2. The molecular weight excluding hydrogens is 279 g/mol. The lowest BCUT2D eigenvalue weighted by Crippen LogP contribution is -2.46. The number of nitrogens with zero attached hydrogens (tertiary/aromatic N) is 1. The second-order valence-electron chi connectivity index (χ2n) is 5.80. The molecule has 0 amide bonds. The maximum absolute atomic E-state index is 5.92. The second kappa shape index (κ2) is 6.45. The number of halogens is 2. The fourth-order valence-electron chi connectivity index (χ4n) is 3.39. The molecule has 106 valence electrons. The van der Waals surface area contributed by atoms with Crippen molar-refractivity contribution >= 4 is 24.0 Å². The second-order valence-corrected chi connectivity index (χ2v) is 6.24. The standard InChI is InChI=1S/C15H21ClN2.ClH/c1-18(10-11-2-4-12(16)5-3-11)15-8-13-6-7-14(9-15)17-13;/h2-5,13-15,17H,6-10H2,1H3;1H. The summed E-state index contributed by atoms with van der Waals surface area (Å²) in [6.45, 7) is 1.03. The molecule has 1 aromatic carbocycles. The Kier molecular flexibility index (Phi) is 5.13. The molecule has 2 nitrogen and oxygen atoms in total. The third-order valence-electron chi connectivity index (χ3n) is 4.42. The summed E-state index contributed by atoms with van der Waals surface area (Å²) in [7, 11) is 2.25. The van der Waals surface area contributed by atoms with Crippen molar-refractivity contribution in [1.29, 1.82) is 0 Å². The van der Waals surface area contributed by atoms with Crippen LogP contribution >= 0.6 is 24.0 Å². The Labute approximate surface area is 126 Å². The number of fused-ring (bicyclic) bond motifs is 2. The quantitative estimate of drug-likeness (QED) is 0.919. The highest BCUT2D eigenvalue weighted by atomic mass is 35.5. The van der Waals surface area contributed by atoms with Crippen LogP contribution in [-0.4, -0.2) is 30.1 Å². The van der Waals surface area contributed by atoms with E-state index in [-0.39, 0.29) is 12.4 Å².